The third kappa shape index (κ3) is 6.27. The third-order valence-electron chi connectivity index (χ3n) is 5.31. The molecular formula is C21H35N5O2. The minimum atomic E-state index is 0.306. The summed E-state index contributed by atoms with van der Waals surface area (Å²) in [6, 6.07) is 6.00. The molecule has 0 atom stereocenters. The summed E-state index contributed by atoms with van der Waals surface area (Å²) in [4.78, 5) is 9.81. The Labute approximate surface area is 169 Å². The van der Waals surface area contributed by atoms with Crippen LogP contribution in [-0.2, 0) is 6.54 Å². The second-order valence-electron chi connectivity index (χ2n) is 7.29. The molecule has 1 fully saturated rings. The zero-order valence-corrected chi connectivity index (χ0v) is 17.4. The predicted molar refractivity (Wildman–Crippen MR) is 113 cm³/mol. The molecule has 2 heterocycles. The van der Waals surface area contributed by atoms with E-state index in [0.717, 1.165) is 42.5 Å². The maximum absolute atomic E-state index is 5.44. The van der Waals surface area contributed by atoms with Crippen LogP contribution in [0.15, 0.2) is 23.2 Å². The van der Waals surface area contributed by atoms with Crippen molar-refractivity contribution in [3.63, 3.8) is 0 Å². The van der Waals surface area contributed by atoms with Crippen molar-refractivity contribution in [3.05, 3.63) is 23.8 Å². The van der Waals surface area contributed by atoms with E-state index < -0.39 is 0 Å². The largest absolute Gasteiger partial charge is 0.454 e. The van der Waals surface area contributed by atoms with Crippen LogP contribution in [0.25, 0.3) is 0 Å². The molecule has 0 amide bonds. The molecule has 2 aliphatic heterocycles. The summed E-state index contributed by atoms with van der Waals surface area (Å²) < 4.78 is 10.8. The Bertz CT molecular complexity index is 629. The van der Waals surface area contributed by atoms with Gasteiger partial charge in [-0.05, 0) is 50.6 Å². The van der Waals surface area contributed by atoms with Crippen LogP contribution in [0, 0.1) is 0 Å². The first-order valence-corrected chi connectivity index (χ1v) is 10.6. The van der Waals surface area contributed by atoms with Crippen molar-refractivity contribution in [2.24, 2.45) is 4.99 Å². The van der Waals surface area contributed by atoms with E-state index in [2.05, 4.69) is 34.3 Å². The van der Waals surface area contributed by atoms with Gasteiger partial charge in [0.05, 0.1) is 6.54 Å². The number of hydrogen-bond acceptors (Lipinski definition) is 5. The molecule has 156 valence electrons. The van der Waals surface area contributed by atoms with Crippen LogP contribution in [0.3, 0.4) is 0 Å². The molecule has 3 rings (SSSR count). The van der Waals surface area contributed by atoms with E-state index >= 15 is 0 Å². The van der Waals surface area contributed by atoms with Gasteiger partial charge in [0.1, 0.15) is 0 Å². The van der Waals surface area contributed by atoms with Crippen molar-refractivity contribution in [2.75, 3.05) is 59.2 Å². The van der Waals surface area contributed by atoms with Gasteiger partial charge in [0.2, 0.25) is 6.79 Å². The number of benzene rings is 1. The summed E-state index contributed by atoms with van der Waals surface area (Å²) in [7, 11) is 0. The maximum Gasteiger partial charge on any atom is 0.231 e. The Kier molecular flexibility index (Phi) is 8.23. The van der Waals surface area contributed by atoms with Gasteiger partial charge in [0.15, 0.2) is 17.5 Å². The van der Waals surface area contributed by atoms with Crippen molar-refractivity contribution in [1.82, 2.24) is 20.4 Å². The van der Waals surface area contributed by atoms with Crippen LogP contribution >= 0.6 is 0 Å². The molecule has 28 heavy (non-hydrogen) atoms. The van der Waals surface area contributed by atoms with Gasteiger partial charge in [-0.25, -0.2) is 4.99 Å². The number of likely N-dealkylation sites (N-methyl/N-ethyl adjacent to an activating group) is 1. The number of ether oxygens (including phenoxy) is 2. The van der Waals surface area contributed by atoms with E-state index in [1.807, 2.05) is 18.2 Å². The van der Waals surface area contributed by atoms with E-state index in [0.29, 0.717) is 13.3 Å². The number of fused-ring (bicyclic) bond motifs is 1. The summed E-state index contributed by atoms with van der Waals surface area (Å²) in [5.41, 5.74) is 1.12. The molecule has 0 aliphatic carbocycles. The lowest BCUT2D eigenvalue weighted by Gasteiger charge is -2.34. The highest BCUT2D eigenvalue weighted by Gasteiger charge is 2.15. The smallest absolute Gasteiger partial charge is 0.231 e. The Morgan fingerprint density at radius 3 is 2.57 bits per heavy atom. The molecule has 1 aromatic carbocycles. The number of piperazine rings is 1. The fourth-order valence-electron chi connectivity index (χ4n) is 3.55. The van der Waals surface area contributed by atoms with Crippen molar-refractivity contribution in [2.45, 2.75) is 33.2 Å². The van der Waals surface area contributed by atoms with E-state index in [1.54, 1.807) is 0 Å². The topological polar surface area (TPSA) is 61.4 Å². The second-order valence-corrected chi connectivity index (χ2v) is 7.29. The fourth-order valence-corrected chi connectivity index (χ4v) is 3.55. The van der Waals surface area contributed by atoms with Gasteiger partial charge in [-0.2, -0.15) is 0 Å². The molecule has 1 aromatic rings. The zero-order valence-electron chi connectivity index (χ0n) is 17.4. The van der Waals surface area contributed by atoms with Crippen molar-refractivity contribution in [3.8, 4) is 11.5 Å². The first kappa shape index (κ1) is 20.7. The minimum Gasteiger partial charge on any atom is -0.454 e. The molecule has 0 bridgehead atoms. The van der Waals surface area contributed by atoms with Crippen LogP contribution in [-0.4, -0.2) is 74.9 Å². The van der Waals surface area contributed by atoms with E-state index in [-0.39, 0.29) is 0 Å². The number of guanidine groups is 1. The Morgan fingerprint density at radius 2 is 1.79 bits per heavy atom. The van der Waals surface area contributed by atoms with Crippen molar-refractivity contribution in [1.29, 1.82) is 0 Å². The Hall–Kier alpha value is -1.99. The number of aliphatic imine (C=N–C) groups is 1. The fraction of sp³-hybridized carbons (Fsp3) is 0.667. The van der Waals surface area contributed by atoms with E-state index in [9.17, 15) is 0 Å². The average Bonchev–Trinajstić information content (AvgIpc) is 3.20. The molecular weight excluding hydrogens is 354 g/mol. The van der Waals surface area contributed by atoms with Crippen LogP contribution in [0.4, 0.5) is 0 Å². The van der Waals surface area contributed by atoms with Gasteiger partial charge in [0.25, 0.3) is 0 Å². The quantitative estimate of drug-likeness (QED) is 0.382. The molecule has 1 saturated heterocycles. The highest BCUT2D eigenvalue weighted by molar-refractivity contribution is 5.79. The molecule has 0 unspecified atom stereocenters. The summed E-state index contributed by atoms with van der Waals surface area (Å²) in [6.45, 7) is 14.3. The minimum absolute atomic E-state index is 0.306. The van der Waals surface area contributed by atoms with Crippen LogP contribution < -0.4 is 20.1 Å². The summed E-state index contributed by atoms with van der Waals surface area (Å²) in [5.74, 6) is 2.50. The first-order chi connectivity index (χ1) is 13.8. The molecule has 7 heteroatoms. The molecule has 0 radical (unpaired) electrons. The molecule has 2 aliphatic rings. The molecule has 0 aromatic heterocycles. The van der Waals surface area contributed by atoms with Gasteiger partial charge in [-0.1, -0.05) is 13.0 Å². The van der Waals surface area contributed by atoms with Crippen LogP contribution in [0.2, 0.25) is 0 Å². The van der Waals surface area contributed by atoms with Crippen LogP contribution in [0.5, 0.6) is 11.5 Å². The summed E-state index contributed by atoms with van der Waals surface area (Å²) in [5, 5.41) is 6.78. The average molecular weight is 390 g/mol. The van der Waals surface area contributed by atoms with E-state index in [1.165, 1.54) is 45.7 Å². The normalized spacial score (nSPS) is 17.7. The lowest BCUT2D eigenvalue weighted by Crippen LogP contribution is -2.46. The molecule has 2 N–H and O–H groups in total. The highest BCUT2D eigenvalue weighted by atomic mass is 16.7. The monoisotopic (exact) mass is 389 g/mol. The first-order valence-electron chi connectivity index (χ1n) is 10.6. The van der Waals surface area contributed by atoms with E-state index in [4.69, 9.17) is 14.5 Å². The maximum atomic E-state index is 5.44. The van der Waals surface area contributed by atoms with Gasteiger partial charge in [-0.3, -0.25) is 0 Å². The molecule has 0 spiro atoms. The van der Waals surface area contributed by atoms with Crippen LogP contribution in [0.1, 0.15) is 32.3 Å². The Morgan fingerprint density at radius 1 is 1.00 bits per heavy atom. The summed E-state index contributed by atoms with van der Waals surface area (Å²) in [6.07, 6.45) is 2.38. The summed E-state index contributed by atoms with van der Waals surface area (Å²) >= 11 is 0. The number of nitrogens with zero attached hydrogens (tertiary/aromatic N) is 3. The number of nitrogens with one attached hydrogen (secondary N) is 2. The highest BCUT2D eigenvalue weighted by Crippen LogP contribution is 2.32. The predicted octanol–water partition coefficient (Wildman–Crippen LogP) is 1.89. The SMILES string of the molecule is CCNC(=NCc1ccc2c(c1)OCO2)NCCCCN1CCN(CC)CC1. The third-order valence-corrected chi connectivity index (χ3v) is 5.31. The zero-order chi connectivity index (χ0) is 19.6. The lowest BCUT2D eigenvalue weighted by molar-refractivity contribution is 0.136. The van der Waals surface area contributed by atoms with Crippen molar-refractivity contribution >= 4 is 5.96 Å². The number of rotatable bonds is 9. The molecule has 0 saturated carbocycles. The van der Waals surface area contributed by atoms with Gasteiger partial charge >= 0.3 is 0 Å². The second kappa shape index (κ2) is 11.1. The van der Waals surface area contributed by atoms with Gasteiger partial charge in [-0.15, -0.1) is 0 Å². The van der Waals surface area contributed by atoms with Gasteiger partial charge < -0.3 is 29.9 Å². The number of unbranched alkanes of at least 4 members (excludes halogenated alkanes) is 1. The number of hydrogen-bond donors (Lipinski definition) is 2. The standard InChI is InChI=1S/C21H35N5O2/c1-3-22-21(24-16-18-7-8-19-20(15-18)28-17-27-19)23-9-5-6-10-26-13-11-25(4-2)12-14-26/h7-8,15H,3-6,9-14,16-17H2,1-2H3,(H2,22,23,24). The van der Waals surface area contributed by atoms with Crippen molar-refractivity contribution < 1.29 is 9.47 Å². The lowest BCUT2D eigenvalue weighted by atomic mass is 10.2. The molecule has 7 nitrogen and oxygen atoms in total. The Balaban J connectivity index is 1.35. The van der Waals surface area contributed by atoms with Gasteiger partial charge in [0, 0.05) is 39.3 Å².